The largest absolute Gasteiger partial charge is 0.407 e. The lowest BCUT2D eigenvalue weighted by atomic mass is 10.1. The van der Waals surface area contributed by atoms with Crippen LogP contribution in [0.25, 0.3) is 0 Å². The van der Waals surface area contributed by atoms with Gasteiger partial charge < -0.3 is 9.53 Å². The zero-order valence-electron chi connectivity index (χ0n) is 15.1. The maximum absolute atomic E-state index is 11.2. The zero-order valence-corrected chi connectivity index (χ0v) is 16.1. The van der Waals surface area contributed by atoms with Crippen LogP contribution in [0.5, 0.6) is 0 Å². The second-order valence-electron chi connectivity index (χ2n) is 6.71. The smallest absolute Gasteiger partial charge is 0.252 e. The molecule has 0 aliphatic heterocycles. The number of aliphatic hydroxyl groups is 1. The molecule has 0 saturated heterocycles. The van der Waals surface area contributed by atoms with Crippen molar-refractivity contribution in [3.8, 4) is 0 Å². The SMILES string of the molecule is CCCCC(CC)O[Si](C)(c1ccccc1)C(C)(O)CCC. The highest BCUT2D eigenvalue weighted by Crippen LogP contribution is 2.29. The molecule has 1 rings (SSSR count). The molecule has 1 aromatic carbocycles. The van der Waals surface area contributed by atoms with Crippen LogP contribution in [0.4, 0.5) is 0 Å². The summed E-state index contributed by atoms with van der Waals surface area (Å²) in [6.07, 6.45) is 6.48. The summed E-state index contributed by atoms with van der Waals surface area (Å²) in [7, 11) is -2.45. The molecule has 0 bridgehead atoms. The first-order valence-electron chi connectivity index (χ1n) is 8.87. The van der Waals surface area contributed by atoms with Crippen LogP contribution >= 0.6 is 0 Å². The van der Waals surface area contributed by atoms with Gasteiger partial charge in [0.2, 0.25) is 0 Å². The maximum Gasteiger partial charge on any atom is 0.252 e. The Hall–Kier alpha value is -0.643. The molecular weight excluding hydrogens is 288 g/mol. The third-order valence-electron chi connectivity index (χ3n) is 4.83. The van der Waals surface area contributed by atoms with Gasteiger partial charge in [-0.15, -0.1) is 0 Å². The average molecular weight is 323 g/mol. The third-order valence-corrected chi connectivity index (χ3v) is 9.37. The monoisotopic (exact) mass is 322 g/mol. The first kappa shape index (κ1) is 19.4. The highest BCUT2D eigenvalue weighted by Gasteiger charge is 2.49. The quantitative estimate of drug-likeness (QED) is 0.641. The average Bonchev–Trinajstić information content (AvgIpc) is 2.51. The van der Waals surface area contributed by atoms with Gasteiger partial charge in [-0.2, -0.15) is 0 Å². The van der Waals surface area contributed by atoms with Gasteiger partial charge in [0.05, 0.1) is 5.22 Å². The lowest BCUT2D eigenvalue weighted by Gasteiger charge is -2.43. The molecule has 126 valence electrons. The van der Waals surface area contributed by atoms with E-state index >= 15 is 0 Å². The van der Waals surface area contributed by atoms with Crippen molar-refractivity contribution in [3.63, 3.8) is 0 Å². The Bertz CT molecular complexity index is 419. The molecule has 0 radical (unpaired) electrons. The molecule has 0 saturated carbocycles. The van der Waals surface area contributed by atoms with E-state index in [1.54, 1.807) is 0 Å². The Morgan fingerprint density at radius 3 is 2.27 bits per heavy atom. The van der Waals surface area contributed by atoms with Gasteiger partial charge in [0, 0.05) is 6.10 Å². The molecule has 3 heteroatoms. The van der Waals surface area contributed by atoms with Crippen molar-refractivity contribution in [2.75, 3.05) is 0 Å². The van der Waals surface area contributed by atoms with Crippen LogP contribution in [0, 0.1) is 0 Å². The fourth-order valence-electron chi connectivity index (χ4n) is 3.10. The van der Waals surface area contributed by atoms with Crippen LogP contribution in [0.3, 0.4) is 0 Å². The normalized spacial score (nSPS) is 18.5. The second-order valence-corrected chi connectivity index (χ2v) is 10.7. The topological polar surface area (TPSA) is 29.5 Å². The Morgan fingerprint density at radius 2 is 1.77 bits per heavy atom. The summed E-state index contributed by atoms with van der Waals surface area (Å²) in [6, 6.07) is 10.4. The van der Waals surface area contributed by atoms with Gasteiger partial charge >= 0.3 is 0 Å². The van der Waals surface area contributed by atoms with E-state index in [9.17, 15) is 5.11 Å². The van der Waals surface area contributed by atoms with Gasteiger partial charge in [0.1, 0.15) is 0 Å². The zero-order chi connectivity index (χ0) is 16.6. The molecule has 0 aromatic heterocycles. The molecule has 3 unspecified atom stereocenters. The van der Waals surface area contributed by atoms with Gasteiger partial charge in [-0.25, -0.2) is 0 Å². The number of unbranched alkanes of at least 4 members (excludes halogenated alkanes) is 1. The van der Waals surface area contributed by atoms with E-state index < -0.39 is 13.5 Å². The van der Waals surface area contributed by atoms with Crippen LogP contribution in [-0.4, -0.2) is 24.8 Å². The Labute approximate surface area is 138 Å². The van der Waals surface area contributed by atoms with E-state index in [0.717, 1.165) is 25.7 Å². The Kier molecular flexibility index (Phi) is 7.81. The molecule has 2 nitrogen and oxygen atoms in total. The van der Waals surface area contributed by atoms with Gasteiger partial charge in [0.25, 0.3) is 8.32 Å². The number of benzene rings is 1. The molecular formula is C19H34O2Si. The summed E-state index contributed by atoms with van der Waals surface area (Å²) in [5, 5.41) is 11.6. The van der Waals surface area contributed by atoms with E-state index in [0.29, 0.717) is 0 Å². The predicted octanol–water partition coefficient (Wildman–Crippen LogP) is 4.54. The Morgan fingerprint density at radius 1 is 1.14 bits per heavy atom. The van der Waals surface area contributed by atoms with Crippen LogP contribution < -0.4 is 5.19 Å². The van der Waals surface area contributed by atoms with Crippen molar-refractivity contribution in [1.82, 2.24) is 0 Å². The minimum atomic E-state index is -2.45. The summed E-state index contributed by atoms with van der Waals surface area (Å²) < 4.78 is 6.68. The van der Waals surface area contributed by atoms with Crippen molar-refractivity contribution in [3.05, 3.63) is 30.3 Å². The lowest BCUT2D eigenvalue weighted by Crippen LogP contribution is -2.66. The van der Waals surface area contributed by atoms with Crippen molar-refractivity contribution < 1.29 is 9.53 Å². The second kappa shape index (κ2) is 8.85. The molecule has 3 atom stereocenters. The molecule has 0 fully saturated rings. The summed E-state index contributed by atoms with van der Waals surface area (Å²) in [5.74, 6) is 0. The molecule has 0 amide bonds. The van der Waals surface area contributed by atoms with Crippen LogP contribution in [0.2, 0.25) is 6.55 Å². The first-order valence-corrected chi connectivity index (χ1v) is 11.3. The summed E-state index contributed by atoms with van der Waals surface area (Å²) in [6.45, 7) is 10.7. The molecule has 0 aliphatic rings. The standard InChI is InChI=1S/C19H34O2Si/c1-6-9-13-17(8-3)21-22(5,19(4,20)16-7-2)18-14-11-10-12-15-18/h10-12,14-15,17,20H,6-9,13,16H2,1-5H3. The first-order chi connectivity index (χ1) is 10.4. The van der Waals surface area contributed by atoms with Gasteiger partial charge in [0.15, 0.2) is 0 Å². The summed E-state index contributed by atoms with van der Waals surface area (Å²) in [4.78, 5) is 0. The van der Waals surface area contributed by atoms with E-state index in [-0.39, 0.29) is 6.10 Å². The van der Waals surface area contributed by atoms with E-state index in [2.05, 4.69) is 51.6 Å². The van der Waals surface area contributed by atoms with Crippen molar-refractivity contribution in [1.29, 1.82) is 0 Å². The van der Waals surface area contributed by atoms with Crippen molar-refractivity contribution >= 4 is 13.5 Å². The molecule has 0 heterocycles. The van der Waals surface area contributed by atoms with Gasteiger partial charge in [-0.05, 0) is 37.9 Å². The number of hydrogen-bond donors (Lipinski definition) is 1. The highest BCUT2D eigenvalue weighted by molar-refractivity contribution is 6.87. The van der Waals surface area contributed by atoms with Crippen LogP contribution in [0.1, 0.15) is 66.2 Å². The number of hydrogen-bond acceptors (Lipinski definition) is 2. The molecule has 1 N–H and O–H groups in total. The van der Waals surface area contributed by atoms with Crippen molar-refractivity contribution in [2.24, 2.45) is 0 Å². The number of rotatable bonds is 10. The third kappa shape index (κ3) is 4.67. The molecule has 0 aliphatic carbocycles. The van der Waals surface area contributed by atoms with E-state index in [1.165, 1.54) is 18.0 Å². The molecule has 22 heavy (non-hydrogen) atoms. The van der Waals surface area contributed by atoms with Gasteiger partial charge in [-0.3, -0.25) is 0 Å². The lowest BCUT2D eigenvalue weighted by molar-refractivity contribution is 0.0743. The fraction of sp³-hybridized carbons (Fsp3) is 0.684. The predicted molar refractivity (Wildman–Crippen MR) is 97.9 cm³/mol. The Balaban J connectivity index is 3.11. The minimum absolute atomic E-state index is 0.250. The highest BCUT2D eigenvalue weighted by atomic mass is 28.4. The molecule has 0 spiro atoms. The van der Waals surface area contributed by atoms with Crippen molar-refractivity contribution in [2.45, 2.75) is 84.1 Å². The van der Waals surface area contributed by atoms with Crippen LogP contribution in [0.15, 0.2) is 30.3 Å². The summed E-state index contributed by atoms with van der Waals surface area (Å²) >= 11 is 0. The van der Waals surface area contributed by atoms with Crippen LogP contribution in [-0.2, 0) is 4.43 Å². The fourth-order valence-corrected chi connectivity index (χ4v) is 6.62. The molecule has 1 aromatic rings. The van der Waals surface area contributed by atoms with E-state index in [1.807, 2.05) is 13.0 Å². The maximum atomic E-state index is 11.2. The van der Waals surface area contributed by atoms with Gasteiger partial charge in [-0.1, -0.05) is 70.4 Å². The minimum Gasteiger partial charge on any atom is -0.407 e. The summed E-state index contributed by atoms with van der Waals surface area (Å²) in [5.41, 5.74) is 0. The van der Waals surface area contributed by atoms with E-state index in [4.69, 9.17) is 4.43 Å².